The van der Waals surface area contributed by atoms with Gasteiger partial charge < -0.3 is 15.5 Å². The zero-order chi connectivity index (χ0) is 20.0. The molecule has 2 heterocycles. The first-order chi connectivity index (χ1) is 14.0. The zero-order valence-electron chi connectivity index (χ0n) is 17.9. The molecule has 0 spiro atoms. The van der Waals surface area contributed by atoms with E-state index in [0.717, 1.165) is 67.6 Å². The number of hydrogen-bond donors (Lipinski definition) is 2. The normalized spacial score (nSPS) is 33.7. The fourth-order valence-electron chi connectivity index (χ4n) is 6.97. The molecular weight excluding hydrogens is 362 g/mol. The van der Waals surface area contributed by atoms with E-state index in [0.29, 0.717) is 5.92 Å². The molecule has 4 aliphatic carbocycles. The number of piperidine rings is 1. The smallest absolute Gasteiger partial charge is 0.315 e. The molecule has 0 atom stereocenters. The molecule has 6 nitrogen and oxygen atoms in total. The highest BCUT2D eigenvalue weighted by atomic mass is 16.2. The summed E-state index contributed by atoms with van der Waals surface area (Å²) in [6.07, 6.45) is 10.0. The topological polar surface area (TPSA) is 70.2 Å². The van der Waals surface area contributed by atoms with E-state index in [1.54, 1.807) is 0 Å². The molecule has 1 saturated heterocycles. The number of hydrogen-bond acceptors (Lipinski definition) is 4. The molecule has 5 fully saturated rings. The molecule has 0 aromatic carbocycles. The van der Waals surface area contributed by atoms with E-state index in [-0.39, 0.29) is 11.6 Å². The highest BCUT2D eigenvalue weighted by molar-refractivity contribution is 5.74. The van der Waals surface area contributed by atoms with Crippen LogP contribution < -0.4 is 15.5 Å². The minimum absolute atomic E-state index is 0.0621. The molecule has 0 radical (unpaired) electrons. The number of urea groups is 1. The standard InChI is InChI=1S/C23H35N5O/c1-15-7-16(2)26-21(25-15)28-5-3-17(4-6-28)14-24-22(29)27-23-11-18-8-19(12-23)10-20(9-18)13-23/h7,17-20H,3-6,8-14H2,1-2H3,(H2,24,27,29). The number of carbonyl (C=O) groups is 1. The maximum Gasteiger partial charge on any atom is 0.315 e. The van der Waals surface area contributed by atoms with Crippen molar-refractivity contribution >= 4 is 12.0 Å². The number of aryl methyl sites for hydroxylation is 2. The Morgan fingerprint density at radius 2 is 1.59 bits per heavy atom. The van der Waals surface area contributed by atoms with Gasteiger partial charge >= 0.3 is 6.03 Å². The quantitative estimate of drug-likeness (QED) is 0.815. The maximum atomic E-state index is 12.7. The molecule has 29 heavy (non-hydrogen) atoms. The van der Waals surface area contributed by atoms with Crippen LogP contribution in [0.4, 0.5) is 10.7 Å². The maximum absolute atomic E-state index is 12.7. The van der Waals surface area contributed by atoms with Gasteiger partial charge in [0.15, 0.2) is 0 Å². The number of amides is 2. The van der Waals surface area contributed by atoms with Crippen LogP contribution in [-0.4, -0.2) is 41.2 Å². The molecule has 6 heteroatoms. The minimum atomic E-state index is 0.0621. The Morgan fingerprint density at radius 1 is 1.03 bits per heavy atom. The molecule has 1 aromatic heterocycles. The van der Waals surface area contributed by atoms with Crippen LogP contribution >= 0.6 is 0 Å². The number of carbonyl (C=O) groups excluding carboxylic acids is 1. The van der Waals surface area contributed by atoms with Gasteiger partial charge in [0.25, 0.3) is 0 Å². The van der Waals surface area contributed by atoms with Crippen molar-refractivity contribution < 1.29 is 4.79 Å². The van der Waals surface area contributed by atoms with E-state index in [9.17, 15) is 4.79 Å². The summed E-state index contributed by atoms with van der Waals surface area (Å²) in [7, 11) is 0. The first-order valence-electron chi connectivity index (χ1n) is 11.6. The molecule has 1 aromatic rings. The number of rotatable bonds is 4. The lowest BCUT2D eigenvalue weighted by Gasteiger charge is -2.56. The van der Waals surface area contributed by atoms with Gasteiger partial charge in [-0.3, -0.25) is 0 Å². The van der Waals surface area contributed by atoms with Crippen LogP contribution in [0.1, 0.15) is 62.8 Å². The average molecular weight is 398 g/mol. The van der Waals surface area contributed by atoms with Gasteiger partial charge in [0.1, 0.15) is 0 Å². The van der Waals surface area contributed by atoms with Crippen molar-refractivity contribution in [3.8, 4) is 0 Å². The van der Waals surface area contributed by atoms with Crippen molar-refractivity contribution in [1.29, 1.82) is 0 Å². The van der Waals surface area contributed by atoms with Crippen LogP contribution in [0.2, 0.25) is 0 Å². The molecular formula is C23H35N5O. The molecule has 0 unspecified atom stereocenters. The van der Waals surface area contributed by atoms with Crippen molar-refractivity contribution in [2.75, 3.05) is 24.5 Å². The molecule has 2 amide bonds. The SMILES string of the molecule is Cc1cc(C)nc(N2CCC(CNC(=O)NC34CC5CC(CC(C5)C3)C4)CC2)n1. The summed E-state index contributed by atoms with van der Waals surface area (Å²) in [5, 5.41) is 6.63. The first kappa shape index (κ1) is 19.1. The average Bonchev–Trinajstić information content (AvgIpc) is 2.64. The third-order valence-electron chi connectivity index (χ3n) is 7.84. The van der Waals surface area contributed by atoms with Crippen molar-refractivity contribution in [1.82, 2.24) is 20.6 Å². The predicted molar refractivity (Wildman–Crippen MR) is 114 cm³/mol. The van der Waals surface area contributed by atoms with E-state index in [1.807, 2.05) is 19.9 Å². The van der Waals surface area contributed by atoms with Gasteiger partial charge in [-0.05, 0) is 95.0 Å². The van der Waals surface area contributed by atoms with Crippen LogP contribution in [0.5, 0.6) is 0 Å². The summed E-state index contributed by atoms with van der Waals surface area (Å²) in [5.74, 6) is 3.97. The van der Waals surface area contributed by atoms with Gasteiger partial charge in [0, 0.05) is 36.6 Å². The Hall–Kier alpha value is -1.85. The summed E-state index contributed by atoms with van der Waals surface area (Å²) >= 11 is 0. The monoisotopic (exact) mass is 397 g/mol. The van der Waals surface area contributed by atoms with Crippen molar-refractivity contribution in [3.63, 3.8) is 0 Å². The van der Waals surface area contributed by atoms with E-state index in [4.69, 9.17) is 0 Å². The summed E-state index contributed by atoms with van der Waals surface area (Å²) < 4.78 is 0. The molecule has 1 aliphatic heterocycles. The fourth-order valence-corrected chi connectivity index (χ4v) is 6.97. The third-order valence-corrected chi connectivity index (χ3v) is 7.84. The van der Waals surface area contributed by atoms with Crippen molar-refractivity contribution in [2.24, 2.45) is 23.7 Å². The summed E-state index contributed by atoms with van der Waals surface area (Å²) in [6, 6.07) is 2.08. The Bertz CT molecular complexity index is 715. The Morgan fingerprint density at radius 3 is 2.14 bits per heavy atom. The summed E-state index contributed by atoms with van der Waals surface area (Å²) in [6.45, 7) is 6.76. The highest BCUT2D eigenvalue weighted by Crippen LogP contribution is 2.55. The van der Waals surface area contributed by atoms with E-state index in [2.05, 4.69) is 25.5 Å². The van der Waals surface area contributed by atoms with Crippen LogP contribution in [0.3, 0.4) is 0 Å². The summed E-state index contributed by atoms with van der Waals surface area (Å²) in [4.78, 5) is 24.2. The Balaban J connectivity index is 1.09. The Labute approximate surface area is 174 Å². The van der Waals surface area contributed by atoms with Gasteiger partial charge in [-0.1, -0.05) is 0 Å². The number of aromatic nitrogens is 2. The second-order valence-corrected chi connectivity index (χ2v) is 10.4. The lowest BCUT2D eigenvalue weighted by molar-refractivity contribution is -0.0135. The molecule has 2 N–H and O–H groups in total. The lowest BCUT2D eigenvalue weighted by atomic mass is 9.53. The number of anilines is 1. The van der Waals surface area contributed by atoms with Gasteiger partial charge in [-0.15, -0.1) is 0 Å². The van der Waals surface area contributed by atoms with E-state index < -0.39 is 0 Å². The minimum Gasteiger partial charge on any atom is -0.341 e. The number of nitrogens with zero attached hydrogens (tertiary/aromatic N) is 3. The second kappa shape index (κ2) is 7.44. The van der Waals surface area contributed by atoms with Gasteiger partial charge in [0.2, 0.25) is 5.95 Å². The van der Waals surface area contributed by atoms with E-state index >= 15 is 0 Å². The van der Waals surface area contributed by atoms with Gasteiger partial charge in [0.05, 0.1) is 0 Å². The molecule has 5 aliphatic rings. The lowest BCUT2D eigenvalue weighted by Crippen LogP contribution is -2.61. The molecule has 4 saturated carbocycles. The zero-order valence-corrected chi connectivity index (χ0v) is 17.9. The van der Waals surface area contributed by atoms with Crippen LogP contribution in [-0.2, 0) is 0 Å². The fraction of sp³-hybridized carbons (Fsp3) is 0.783. The molecule has 4 bridgehead atoms. The highest BCUT2D eigenvalue weighted by Gasteiger charge is 2.51. The molecule has 6 rings (SSSR count). The largest absolute Gasteiger partial charge is 0.341 e. The summed E-state index contributed by atoms with van der Waals surface area (Å²) in [5.41, 5.74) is 2.15. The van der Waals surface area contributed by atoms with Crippen LogP contribution in [0.25, 0.3) is 0 Å². The predicted octanol–water partition coefficient (Wildman–Crippen LogP) is 3.58. The van der Waals surface area contributed by atoms with Gasteiger partial charge in [-0.25, -0.2) is 14.8 Å². The van der Waals surface area contributed by atoms with Crippen molar-refractivity contribution in [2.45, 2.75) is 70.8 Å². The Kier molecular flexibility index (Phi) is 4.91. The molecule has 158 valence electrons. The first-order valence-corrected chi connectivity index (χ1v) is 11.6. The van der Waals surface area contributed by atoms with Crippen molar-refractivity contribution in [3.05, 3.63) is 17.5 Å². The number of nitrogens with one attached hydrogen (secondary N) is 2. The van der Waals surface area contributed by atoms with E-state index in [1.165, 1.54) is 38.5 Å². The van der Waals surface area contributed by atoms with Crippen LogP contribution in [0, 0.1) is 37.5 Å². The second-order valence-electron chi connectivity index (χ2n) is 10.4. The van der Waals surface area contributed by atoms with Gasteiger partial charge in [-0.2, -0.15) is 0 Å². The van der Waals surface area contributed by atoms with Crippen LogP contribution in [0.15, 0.2) is 6.07 Å². The third kappa shape index (κ3) is 4.08.